The fourth-order valence-electron chi connectivity index (χ4n) is 5.07. The summed E-state index contributed by atoms with van der Waals surface area (Å²) in [6, 6.07) is 17.9. The normalized spacial score (nSPS) is 19.9. The van der Waals surface area contributed by atoms with Crippen LogP contribution in [0.4, 0.5) is 0 Å². The van der Waals surface area contributed by atoms with E-state index in [4.69, 9.17) is 27.9 Å². The molecule has 3 aromatic rings. The molecule has 41 heavy (non-hydrogen) atoms. The van der Waals surface area contributed by atoms with Gasteiger partial charge in [0.2, 0.25) is 0 Å². The zero-order chi connectivity index (χ0) is 29.9. The van der Waals surface area contributed by atoms with Gasteiger partial charge in [0.1, 0.15) is 18.2 Å². The van der Waals surface area contributed by atoms with Crippen LogP contribution < -0.4 is 0 Å². The Kier molecular flexibility index (Phi) is 9.40. The molecule has 1 unspecified atom stereocenters. The molecule has 1 saturated heterocycles. The largest absolute Gasteiger partial charge is 0.480 e. The van der Waals surface area contributed by atoms with Gasteiger partial charge in [0.25, 0.3) is 5.91 Å². The van der Waals surface area contributed by atoms with Crippen LogP contribution in [0.25, 0.3) is 0 Å². The number of nitrogens with zero attached hydrogens (tertiary/aromatic N) is 2. The Morgan fingerprint density at radius 2 is 1.63 bits per heavy atom. The molecule has 0 aliphatic carbocycles. The van der Waals surface area contributed by atoms with E-state index in [-0.39, 0.29) is 23.3 Å². The highest BCUT2D eigenvalue weighted by Gasteiger charge is 2.48. The molecule has 1 N–H and O–H groups in total. The standard InChI is InChI=1S/C30H28Cl2N2O6S/c1-3-4-25(30(36)37)34-27(18-5-10-22(31)11-6-18)28(19-7-12-23(32)13-8-19)40-26(29(34)35)16-20-9-14-24(41(2,38)39)15-21(20)17-33/h5-15,25-28H,3-4,16H2,1-2H3,(H,36,37)/t25?,26-,27+,28-/m0/s1. The van der Waals surface area contributed by atoms with Gasteiger partial charge in [-0.25, -0.2) is 13.2 Å². The number of hydrogen-bond donors (Lipinski definition) is 1. The van der Waals surface area contributed by atoms with Crippen molar-refractivity contribution in [3.8, 4) is 6.07 Å². The number of hydrogen-bond acceptors (Lipinski definition) is 6. The van der Waals surface area contributed by atoms with Gasteiger partial charge in [-0.3, -0.25) is 4.79 Å². The summed E-state index contributed by atoms with van der Waals surface area (Å²) in [7, 11) is -3.56. The second-order valence-corrected chi connectivity index (χ2v) is 12.8. The first-order chi connectivity index (χ1) is 19.4. The van der Waals surface area contributed by atoms with Crippen LogP contribution in [0.3, 0.4) is 0 Å². The molecule has 4 atom stereocenters. The molecule has 4 rings (SSSR count). The molecule has 0 saturated carbocycles. The summed E-state index contributed by atoms with van der Waals surface area (Å²) in [4.78, 5) is 28.1. The number of carbonyl (C=O) groups excluding carboxylic acids is 1. The molecule has 0 spiro atoms. The first kappa shape index (κ1) is 30.5. The quantitative estimate of drug-likeness (QED) is 0.324. The van der Waals surface area contributed by atoms with Crippen LogP contribution >= 0.6 is 23.2 Å². The molecular weight excluding hydrogens is 587 g/mol. The molecule has 0 radical (unpaired) electrons. The lowest BCUT2D eigenvalue weighted by Gasteiger charge is -2.47. The third kappa shape index (κ3) is 6.74. The smallest absolute Gasteiger partial charge is 0.326 e. The topological polar surface area (TPSA) is 125 Å². The van der Waals surface area contributed by atoms with Gasteiger partial charge in [-0.1, -0.05) is 66.9 Å². The average Bonchev–Trinajstić information content (AvgIpc) is 2.93. The summed E-state index contributed by atoms with van der Waals surface area (Å²) in [5.74, 6) is -1.70. The number of carbonyl (C=O) groups is 2. The Balaban J connectivity index is 1.87. The molecule has 1 fully saturated rings. The van der Waals surface area contributed by atoms with Crippen molar-refractivity contribution in [1.82, 2.24) is 4.90 Å². The summed E-state index contributed by atoms with van der Waals surface area (Å²) < 4.78 is 30.6. The Morgan fingerprint density at radius 3 is 2.15 bits per heavy atom. The number of nitriles is 1. The number of benzene rings is 3. The maximum Gasteiger partial charge on any atom is 0.326 e. The second kappa shape index (κ2) is 12.6. The predicted octanol–water partition coefficient (Wildman–Crippen LogP) is 5.77. The minimum atomic E-state index is -3.56. The number of ether oxygens (including phenoxy) is 1. The average molecular weight is 616 g/mol. The van der Waals surface area contributed by atoms with Crippen molar-refractivity contribution in [3.63, 3.8) is 0 Å². The maximum atomic E-state index is 14.2. The summed E-state index contributed by atoms with van der Waals surface area (Å²) in [6.45, 7) is 1.84. The number of rotatable bonds is 9. The van der Waals surface area contributed by atoms with E-state index >= 15 is 0 Å². The van der Waals surface area contributed by atoms with Gasteiger partial charge in [0, 0.05) is 22.7 Å². The lowest BCUT2D eigenvalue weighted by Crippen LogP contribution is -2.57. The van der Waals surface area contributed by atoms with Crippen LogP contribution in [-0.2, 0) is 30.6 Å². The minimum Gasteiger partial charge on any atom is -0.480 e. The number of sulfone groups is 1. The Bertz CT molecular complexity index is 1590. The molecule has 11 heteroatoms. The Morgan fingerprint density at radius 1 is 1.05 bits per heavy atom. The van der Waals surface area contributed by atoms with Crippen molar-refractivity contribution in [1.29, 1.82) is 5.26 Å². The van der Waals surface area contributed by atoms with Crippen LogP contribution in [0.15, 0.2) is 71.6 Å². The number of morpholine rings is 1. The van der Waals surface area contributed by atoms with Gasteiger partial charge in [-0.05, 0) is 59.5 Å². The van der Waals surface area contributed by atoms with Gasteiger partial charge >= 0.3 is 5.97 Å². The molecule has 1 aliphatic rings. The molecule has 1 amide bonds. The predicted molar refractivity (Wildman–Crippen MR) is 154 cm³/mol. The zero-order valence-electron chi connectivity index (χ0n) is 22.3. The number of carboxylic acid groups (broad SMARTS) is 1. The van der Waals surface area contributed by atoms with Crippen molar-refractivity contribution in [2.24, 2.45) is 0 Å². The van der Waals surface area contributed by atoms with Gasteiger partial charge < -0.3 is 14.7 Å². The highest BCUT2D eigenvalue weighted by atomic mass is 35.5. The first-order valence-corrected chi connectivity index (χ1v) is 15.5. The number of aliphatic carboxylic acids is 1. The van der Waals surface area contributed by atoms with Crippen molar-refractivity contribution in [2.75, 3.05) is 6.26 Å². The van der Waals surface area contributed by atoms with Crippen molar-refractivity contribution >= 4 is 44.9 Å². The van der Waals surface area contributed by atoms with Crippen LogP contribution in [0.1, 0.15) is 54.2 Å². The Labute approximate surface area is 249 Å². The molecule has 0 aromatic heterocycles. The van der Waals surface area contributed by atoms with E-state index in [0.29, 0.717) is 33.2 Å². The first-order valence-electron chi connectivity index (χ1n) is 12.9. The molecule has 1 aliphatic heterocycles. The SMILES string of the molecule is CCCC(C(=O)O)N1C(=O)[C@H](Cc2ccc(S(C)(=O)=O)cc2C#N)O[C@@H](c2ccc(Cl)cc2)[C@H]1c1ccc(Cl)cc1. The van der Waals surface area contributed by atoms with E-state index in [1.165, 1.54) is 23.1 Å². The lowest BCUT2D eigenvalue weighted by atomic mass is 9.88. The van der Waals surface area contributed by atoms with E-state index in [9.17, 15) is 28.4 Å². The summed E-state index contributed by atoms with van der Waals surface area (Å²) in [5.41, 5.74) is 1.80. The molecular formula is C30H28Cl2N2O6S. The summed E-state index contributed by atoms with van der Waals surface area (Å²) >= 11 is 12.3. The minimum absolute atomic E-state index is 0.0222. The molecule has 3 aromatic carbocycles. The fraction of sp³-hybridized carbons (Fsp3) is 0.300. The molecule has 8 nitrogen and oxygen atoms in total. The van der Waals surface area contributed by atoms with Gasteiger partial charge in [-0.2, -0.15) is 5.26 Å². The van der Waals surface area contributed by atoms with Crippen LogP contribution in [0, 0.1) is 11.3 Å². The van der Waals surface area contributed by atoms with E-state index < -0.39 is 46.0 Å². The number of halogens is 2. The zero-order valence-corrected chi connectivity index (χ0v) is 24.7. The highest BCUT2D eigenvalue weighted by Crippen LogP contribution is 2.44. The third-order valence-corrected chi connectivity index (χ3v) is 8.67. The van der Waals surface area contributed by atoms with Crippen LogP contribution in [0.5, 0.6) is 0 Å². The van der Waals surface area contributed by atoms with Crippen LogP contribution in [0.2, 0.25) is 10.0 Å². The third-order valence-electron chi connectivity index (χ3n) is 7.06. The number of carboxylic acids is 1. The molecule has 1 heterocycles. The fourth-order valence-corrected chi connectivity index (χ4v) is 5.97. The summed E-state index contributed by atoms with van der Waals surface area (Å²) in [5, 5.41) is 21.0. The molecule has 214 valence electrons. The van der Waals surface area contributed by atoms with Crippen molar-refractivity contribution in [2.45, 2.75) is 55.4 Å². The summed E-state index contributed by atoms with van der Waals surface area (Å²) in [6.07, 6.45) is -0.265. The van der Waals surface area contributed by atoms with E-state index in [1.54, 1.807) is 48.5 Å². The van der Waals surface area contributed by atoms with E-state index in [2.05, 4.69) is 0 Å². The van der Waals surface area contributed by atoms with Gasteiger partial charge in [0.05, 0.1) is 22.6 Å². The van der Waals surface area contributed by atoms with E-state index in [1.807, 2.05) is 13.0 Å². The van der Waals surface area contributed by atoms with Crippen molar-refractivity contribution < 1.29 is 27.9 Å². The maximum absolute atomic E-state index is 14.2. The Hall–Kier alpha value is -3.42. The van der Waals surface area contributed by atoms with E-state index in [0.717, 1.165) is 6.26 Å². The molecule has 0 bridgehead atoms. The second-order valence-electron chi connectivity index (χ2n) is 9.89. The van der Waals surface area contributed by atoms with Crippen molar-refractivity contribution in [3.05, 3.63) is 99.0 Å². The lowest BCUT2D eigenvalue weighted by molar-refractivity contribution is -0.184. The van der Waals surface area contributed by atoms with Gasteiger partial charge in [0.15, 0.2) is 9.84 Å². The van der Waals surface area contributed by atoms with Gasteiger partial charge in [-0.15, -0.1) is 0 Å². The monoisotopic (exact) mass is 614 g/mol. The number of amides is 1. The highest BCUT2D eigenvalue weighted by molar-refractivity contribution is 7.90. The van der Waals surface area contributed by atoms with Crippen LogP contribution in [-0.4, -0.2) is 48.7 Å².